The maximum atomic E-state index is 12.1. The molecule has 5 nitrogen and oxygen atoms in total. The summed E-state index contributed by atoms with van der Waals surface area (Å²) < 4.78 is 5.33. The van der Waals surface area contributed by atoms with Crippen LogP contribution in [0, 0.1) is 0 Å². The highest BCUT2D eigenvalue weighted by Gasteiger charge is 2.17. The summed E-state index contributed by atoms with van der Waals surface area (Å²) in [6, 6.07) is 13.4. The van der Waals surface area contributed by atoms with Gasteiger partial charge in [0.05, 0.1) is 5.69 Å². The molecule has 24 heavy (non-hydrogen) atoms. The molecule has 0 aliphatic rings. The van der Waals surface area contributed by atoms with Crippen LogP contribution in [0.1, 0.15) is 20.8 Å². The van der Waals surface area contributed by atoms with E-state index in [1.54, 1.807) is 18.5 Å². The van der Waals surface area contributed by atoms with Crippen LogP contribution in [0.2, 0.25) is 0 Å². The Hall–Kier alpha value is -2.95. The summed E-state index contributed by atoms with van der Waals surface area (Å²) in [6.07, 6.45) is 2.95. The lowest BCUT2D eigenvalue weighted by molar-refractivity contribution is 0.0636. The zero-order valence-electron chi connectivity index (χ0n) is 13.9. The number of nitrogens with zero attached hydrogens (tertiary/aromatic N) is 2. The van der Waals surface area contributed by atoms with Gasteiger partial charge in [-0.15, -0.1) is 0 Å². The lowest BCUT2D eigenvalue weighted by Gasteiger charge is -2.20. The van der Waals surface area contributed by atoms with Crippen LogP contribution in [-0.2, 0) is 4.74 Å². The first-order valence-corrected chi connectivity index (χ1v) is 7.73. The largest absolute Gasteiger partial charge is 0.444 e. The van der Waals surface area contributed by atoms with Crippen LogP contribution in [-0.4, -0.2) is 21.7 Å². The molecular formula is C19H19N3O2. The van der Waals surface area contributed by atoms with Crippen molar-refractivity contribution in [1.82, 2.24) is 9.97 Å². The molecule has 0 aliphatic carbocycles. The number of ether oxygens (including phenoxy) is 1. The number of anilines is 1. The van der Waals surface area contributed by atoms with Gasteiger partial charge in [0, 0.05) is 23.3 Å². The molecule has 0 atom stereocenters. The molecule has 122 valence electrons. The van der Waals surface area contributed by atoms with E-state index in [0.29, 0.717) is 11.5 Å². The molecular weight excluding hydrogens is 302 g/mol. The van der Waals surface area contributed by atoms with Gasteiger partial charge in [-0.1, -0.05) is 30.3 Å². The van der Waals surface area contributed by atoms with Crippen molar-refractivity contribution in [2.45, 2.75) is 26.4 Å². The second-order valence-electron chi connectivity index (χ2n) is 6.41. The molecule has 0 radical (unpaired) electrons. The SMILES string of the molecule is CC(C)(C)OC(=O)Nc1cccc2c(-c3ncccn3)cccc12. The molecule has 0 saturated heterocycles. The van der Waals surface area contributed by atoms with E-state index in [1.807, 2.05) is 57.2 Å². The first-order valence-electron chi connectivity index (χ1n) is 7.73. The summed E-state index contributed by atoms with van der Waals surface area (Å²) >= 11 is 0. The third-order valence-corrected chi connectivity index (χ3v) is 3.36. The molecule has 1 N–H and O–H groups in total. The Labute approximate surface area is 140 Å². The highest BCUT2D eigenvalue weighted by atomic mass is 16.6. The molecule has 0 fully saturated rings. The molecule has 5 heteroatoms. The van der Waals surface area contributed by atoms with E-state index in [4.69, 9.17) is 4.74 Å². The Balaban J connectivity index is 2.01. The second-order valence-corrected chi connectivity index (χ2v) is 6.41. The van der Waals surface area contributed by atoms with Crippen LogP contribution in [0.3, 0.4) is 0 Å². The van der Waals surface area contributed by atoms with Crippen molar-refractivity contribution < 1.29 is 9.53 Å². The number of aromatic nitrogens is 2. The van der Waals surface area contributed by atoms with Crippen molar-refractivity contribution >= 4 is 22.6 Å². The van der Waals surface area contributed by atoms with Crippen molar-refractivity contribution in [1.29, 1.82) is 0 Å². The molecule has 0 bridgehead atoms. The van der Waals surface area contributed by atoms with E-state index in [9.17, 15) is 4.79 Å². The van der Waals surface area contributed by atoms with Crippen LogP contribution >= 0.6 is 0 Å². The molecule has 0 aliphatic heterocycles. The van der Waals surface area contributed by atoms with E-state index in [1.165, 1.54) is 0 Å². The quantitative estimate of drug-likeness (QED) is 0.746. The average molecular weight is 321 g/mol. The maximum Gasteiger partial charge on any atom is 0.412 e. The summed E-state index contributed by atoms with van der Waals surface area (Å²) in [5.41, 5.74) is 1.07. The van der Waals surface area contributed by atoms with Gasteiger partial charge in [0.1, 0.15) is 5.60 Å². The Kier molecular flexibility index (Phi) is 4.16. The molecule has 1 amide bonds. The summed E-state index contributed by atoms with van der Waals surface area (Å²) in [5.74, 6) is 0.650. The second kappa shape index (κ2) is 6.28. The third-order valence-electron chi connectivity index (χ3n) is 3.36. The smallest absolute Gasteiger partial charge is 0.412 e. The number of rotatable bonds is 2. The van der Waals surface area contributed by atoms with E-state index < -0.39 is 11.7 Å². The van der Waals surface area contributed by atoms with Gasteiger partial charge < -0.3 is 4.74 Å². The Morgan fingerprint density at radius 3 is 2.33 bits per heavy atom. The Morgan fingerprint density at radius 1 is 0.958 bits per heavy atom. The van der Waals surface area contributed by atoms with Gasteiger partial charge >= 0.3 is 6.09 Å². The molecule has 1 aromatic heterocycles. The van der Waals surface area contributed by atoms with Crippen molar-refractivity contribution in [3.63, 3.8) is 0 Å². The van der Waals surface area contributed by atoms with E-state index in [-0.39, 0.29) is 0 Å². The fourth-order valence-electron chi connectivity index (χ4n) is 2.47. The molecule has 2 aromatic carbocycles. The van der Waals surface area contributed by atoms with Crippen molar-refractivity contribution in [3.05, 3.63) is 54.9 Å². The fraction of sp³-hybridized carbons (Fsp3) is 0.211. The molecule has 3 aromatic rings. The minimum absolute atomic E-state index is 0.476. The monoisotopic (exact) mass is 321 g/mol. The van der Waals surface area contributed by atoms with E-state index in [2.05, 4.69) is 15.3 Å². The Bertz CT molecular complexity index is 871. The molecule has 0 spiro atoms. The fourth-order valence-corrected chi connectivity index (χ4v) is 2.47. The van der Waals surface area contributed by atoms with E-state index >= 15 is 0 Å². The molecule has 1 heterocycles. The number of benzene rings is 2. The number of carbonyl (C=O) groups excluding carboxylic acids is 1. The van der Waals surface area contributed by atoms with Gasteiger partial charge in [0.15, 0.2) is 5.82 Å². The van der Waals surface area contributed by atoms with Crippen molar-refractivity contribution in [2.24, 2.45) is 0 Å². The number of fused-ring (bicyclic) bond motifs is 1. The lowest BCUT2D eigenvalue weighted by Crippen LogP contribution is -2.27. The predicted molar refractivity (Wildman–Crippen MR) is 94.8 cm³/mol. The zero-order valence-corrected chi connectivity index (χ0v) is 13.9. The minimum Gasteiger partial charge on any atom is -0.444 e. The van der Waals surface area contributed by atoms with Crippen LogP contribution < -0.4 is 5.32 Å². The predicted octanol–water partition coefficient (Wildman–Crippen LogP) is 4.64. The van der Waals surface area contributed by atoms with E-state index in [0.717, 1.165) is 16.3 Å². The number of nitrogens with one attached hydrogen (secondary N) is 1. The normalized spacial score (nSPS) is 11.3. The summed E-state index contributed by atoms with van der Waals surface area (Å²) in [6.45, 7) is 5.50. The summed E-state index contributed by atoms with van der Waals surface area (Å²) in [4.78, 5) is 20.7. The van der Waals surface area contributed by atoms with Crippen LogP contribution in [0.15, 0.2) is 54.9 Å². The molecule has 3 rings (SSSR count). The van der Waals surface area contributed by atoms with Gasteiger partial charge in [0.25, 0.3) is 0 Å². The topological polar surface area (TPSA) is 64.1 Å². The van der Waals surface area contributed by atoms with Gasteiger partial charge in [-0.25, -0.2) is 14.8 Å². The van der Waals surface area contributed by atoms with Gasteiger partial charge in [0.2, 0.25) is 0 Å². The maximum absolute atomic E-state index is 12.1. The number of hydrogen-bond donors (Lipinski definition) is 1. The third kappa shape index (κ3) is 3.51. The molecule has 0 unspecified atom stereocenters. The minimum atomic E-state index is -0.544. The van der Waals surface area contributed by atoms with Crippen molar-refractivity contribution in [2.75, 3.05) is 5.32 Å². The van der Waals surface area contributed by atoms with Gasteiger partial charge in [-0.3, -0.25) is 5.32 Å². The van der Waals surface area contributed by atoms with Crippen LogP contribution in [0.5, 0.6) is 0 Å². The molecule has 0 saturated carbocycles. The lowest BCUT2D eigenvalue weighted by atomic mass is 10.0. The summed E-state index contributed by atoms with van der Waals surface area (Å²) in [5, 5.41) is 4.70. The number of carbonyl (C=O) groups is 1. The van der Waals surface area contributed by atoms with Crippen LogP contribution in [0.25, 0.3) is 22.2 Å². The average Bonchev–Trinajstić information content (AvgIpc) is 2.54. The number of hydrogen-bond acceptors (Lipinski definition) is 4. The summed E-state index contributed by atoms with van der Waals surface area (Å²) in [7, 11) is 0. The number of amides is 1. The van der Waals surface area contributed by atoms with Gasteiger partial charge in [-0.05, 0) is 38.3 Å². The highest BCUT2D eigenvalue weighted by molar-refractivity contribution is 6.05. The standard InChI is InChI=1S/C19H19N3O2/c1-19(2,3)24-18(23)22-16-10-5-7-13-14(16)8-4-9-15(13)17-20-11-6-12-21-17/h4-12H,1-3H3,(H,22,23). The van der Waals surface area contributed by atoms with Gasteiger partial charge in [-0.2, -0.15) is 0 Å². The highest BCUT2D eigenvalue weighted by Crippen LogP contribution is 2.31. The van der Waals surface area contributed by atoms with Crippen LogP contribution in [0.4, 0.5) is 10.5 Å². The zero-order chi connectivity index (χ0) is 17.2. The Morgan fingerprint density at radius 2 is 1.62 bits per heavy atom. The van der Waals surface area contributed by atoms with Crippen molar-refractivity contribution in [3.8, 4) is 11.4 Å². The first kappa shape index (κ1) is 15.9. The first-order chi connectivity index (χ1) is 11.4.